The first-order valence-electron chi connectivity index (χ1n) is 17.0. The molecule has 1 amide bonds. The standard InChI is InChI=1S/C39H49N3O4/c1-37(2,25-43)42-36(44)28-13-7-8-14-29(28)39(42)32-21-26-11-9-15-40(17-19-45-5)34(26)23-30(32)38(3,4)31-24-35-27(22-33(31)39)12-10-16-41(35)18-20-46-6/h7-8,13-14,21-24,43H,9-12,15-20,25H2,1-6H3. The van der Waals surface area contributed by atoms with E-state index in [1.807, 2.05) is 30.9 Å². The average Bonchev–Trinajstić information content (AvgIpc) is 3.33. The number of hydrogen-bond acceptors (Lipinski definition) is 6. The highest BCUT2D eigenvalue weighted by atomic mass is 16.5. The molecule has 7 heteroatoms. The summed E-state index contributed by atoms with van der Waals surface area (Å²) in [7, 11) is 3.54. The molecule has 0 atom stereocenters. The van der Waals surface area contributed by atoms with Crippen molar-refractivity contribution < 1.29 is 19.4 Å². The van der Waals surface area contributed by atoms with Crippen molar-refractivity contribution in [3.05, 3.63) is 93.0 Å². The maximum absolute atomic E-state index is 14.7. The van der Waals surface area contributed by atoms with Gasteiger partial charge in [-0.25, -0.2) is 0 Å². The summed E-state index contributed by atoms with van der Waals surface area (Å²) in [6.07, 6.45) is 4.14. The number of aliphatic hydroxyl groups excluding tert-OH is 1. The van der Waals surface area contributed by atoms with Gasteiger partial charge in [0.1, 0.15) is 5.54 Å². The molecule has 1 aliphatic carbocycles. The van der Waals surface area contributed by atoms with Crippen molar-refractivity contribution >= 4 is 17.3 Å². The molecule has 1 spiro atoms. The van der Waals surface area contributed by atoms with E-state index >= 15 is 0 Å². The van der Waals surface area contributed by atoms with E-state index < -0.39 is 11.1 Å². The van der Waals surface area contributed by atoms with Crippen LogP contribution >= 0.6 is 0 Å². The number of nitrogens with zero attached hydrogens (tertiary/aromatic N) is 3. The van der Waals surface area contributed by atoms with Crippen LogP contribution in [0.25, 0.3) is 0 Å². The number of benzene rings is 3. The first-order valence-corrected chi connectivity index (χ1v) is 17.0. The molecule has 3 aromatic rings. The number of methoxy groups -OCH3 is 2. The number of carbonyl (C=O) groups excluding carboxylic acids is 1. The summed E-state index contributed by atoms with van der Waals surface area (Å²) in [6.45, 7) is 13.6. The molecule has 0 aromatic heterocycles. The highest BCUT2D eigenvalue weighted by molar-refractivity contribution is 6.03. The normalized spacial score (nSPS) is 19.1. The monoisotopic (exact) mass is 623 g/mol. The van der Waals surface area contributed by atoms with Gasteiger partial charge in [0.05, 0.1) is 25.4 Å². The second-order valence-electron chi connectivity index (χ2n) is 14.7. The molecule has 3 aliphatic heterocycles. The molecule has 0 bridgehead atoms. The van der Waals surface area contributed by atoms with Gasteiger partial charge in [-0.2, -0.15) is 0 Å². The van der Waals surface area contributed by atoms with E-state index in [0.29, 0.717) is 13.2 Å². The Bertz CT molecular complexity index is 1600. The lowest BCUT2D eigenvalue weighted by Crippen LogP contribution is -2.60. The summed E-state index contributed by atoms with van der Waals surface area (Å²) in [5, 5.41) is 11.0. The molecule has 0 unspecified atom stereocenters. The SMILES string of the molecule is COCCN1CCCc2cc3c(cc21)C(C)(C)c1cc2c(cc1C31c3ccccc3C(=O)N1C(C)(C)CO)CCCN2CCOC. The summed E-state index contributed by atoms with van der Waals surface area (Å²) < 4.78 is 11.0. The molecule has 1 N–H and O–H groups in total. The fourth-order valence-electron chi connectivity index (χ4n) is 8.92. The third-order valence-electron chi connectivity index (χ3n) is 11.2. The van der Waals surface area contributed by atoms with Crippen molar-refractivity contribution in [3.8, 4) is 0 Å². The van der Waals surface area contributed by atoms with Gasteiger partial charge in [-0.1, -0.05) is 44.2 Å². The van der Waals surface area contributed by atoms with Crippen LogP contribution in [0.4, 0.5) is 11.4 Å². The number of ether oxygens (including phenoxy) is 2. The van der Waals surface area contributed by atoms with Gasteiger partial charge in [-0.15, -0.1) is 0 Å². The summed E-state index contributed by atoms with van der Waals surface area (Å²) in [4.78, 5) is 21.7. The molecule has 7 rings (SSSR count). The molecule has 0 fully saturated rings. The highest BCUT2D eigenvalue weighted by Gasteiger charge is 2.61. The third kappa shape index (κ3) is 4.38. The van der Waals surface area contributed by atoms with Crippen LogP contribution in [0.15, 0.2) is 48.5 Å². The Morgan fingerprint density at radius 2 is 1.30 bits per heavy atom. The Morgan fingerprint density at radius 3 is 1.80 bits per heavy atom. The minimum atomic E-state index is -0.881. The second-order valence-corrected chi connectivity index (χ2v) is 14.7. The Morgan fingerprint density at radius 1 is 0.783 bits per heavy atom. The Kier molecular flexibility index (Phi) is 7.73. The molecule has 244 valence electrons. The number of aliphatic hydroxyl groups is 1. The van der Waals surface area contributed by atoms with Crippen LogP contribution in [-0.2, 0) is 33.3 Å². The van der Waals surface area contributed by atoms with Gasteiger partial charge in [-0.05, 0) is 96.7 Å². The van der Waals surface area contributed by atoms with Crippen LogP contribution in [0, 0.1) is 0 Å². The Hall–Kier alpha value is -3.39. The van der Waals surface area contributed by atoms with Crippen molar-refractivity contribution in [2.24, 2.45) is 0 Å². The van der Waals surface area contributed by atoms with Crippen LogP contribution in [0.5, 0.6) is 0 Å². The summed E-state index contributed by atoms with van der Waals surface area (Å²) >= 11 is 0. The number of hydrogen-bond donors (Lipinski definition) is 1. The molecule has 3 aromatic carbocycles. The molecular formula is C39H49N3O4. The van der Waals surface area contributed by atoms with Crippen LogP contribution in [0.1, 0.15) is 89.8 Å². The lowest BCUT2D eigenvalue weighted by atomic mass is 9.58. The van der Waals surface area contributed by atoms with Gasteiger partial charge in [0.2, 0.25) is 0 Å². The molecule has 46 heavy (non-hydrogen) atoms. The second kappa shape index (κ2) is 11.4. The van der Waals surface area contributed by atoms with Gasteiger partial charge in [0.15, 0.2) is 0 Å². The third-order valence-corrected chi connectivity index (χ3v) is 11.2. The smallest absolute Gasteiger partial charge is 0.256 e. The highest BCUT2D eigenvalue weighted by Crippen LogP contribution is 2.61. The molecular weight excluding hydrogens is 574 g/mol. The summed E-state index contributed by atoms with van der Waals surface area (Å²) in [5.41, 5.74) is 9.70. The van der Waals surface area contributed by atoms with E-state index in [2.05, 4.69) is 60.0 Å². The van der Waals surface area contributed by atoms with E-state index in [1.165, 1.54) is 44.8 Å². The summed E-state index contributed by atoms with van der Waals surface area (Å²) in [5.74, 6) is -0.0230. The Labute approximate surface area is 274 Å². The van der Waals surface area contributed by atoms with Gasteiger partial charge in [-0.3, -0.25) is 4.79 Å². The van der Waals surface area contributed by atoms with Crippen molar-refractivity contribution in [1.29, 1.82) is 0 Å². The largest absolute Gasteiger partial charge is 0.394 e. The van der Waals surface area contributed by atoms with Crippen LogP contribution in [0.2, 0.25) is 0 Å². The summed E-state index contributed by atoms with van der Waals surface area (Å²) in [6, 6.07) is 17.9. The van der Waals surface area contributed by atoms with Crippen molar-refractivity contribution in [3.63, 3.8) is 0 Å². The first kappa shape index (κ1) is 31.2. The van der Waals surface area contributed by atoms with Gasteiger partial charge in [0, 0.05) is 62.8 Å². The predicted octanol–water partition coefficient (Wildman–Crippen LogP) is 5.64. The minimum absolute atomic E-state index is 0.0230. The van der Waals surface area contributed by atoms with Gasteiger partial charge in [0.25, 0.3) is 5.91 Å². The van der Waals surface area contributed by atoms with Gasteiger partial charge >= 0.3 is 0 Å². The maximum Gasteiger partial charge on any atom is 0.256 e. The predicted molar refractivity (Wildman–Crippen MR) is 183 cm³/mol. The van der Waals surface area contributed by atoms with E-state index in [4.69, 9.17) is 9.47 Å². The van der Waals surface area contributed by atoms with Crippen LogP contribution < -0.4 is 9.80 Å². The average molecular weight is 624 g/mol. The zero-order chi connectivity index (χ0) is 32.4. The number of carbonyl (C=O) groups is 1. The number of fused-ring (bicyclic) bond motifs is 8. The minimum Gasteiger partial charge on any atom is -0.394 e. The quantitative estimate of drug-likeness (QED) is 0.350. The molecule has 4 aliphatic rings. The van der Waals surface area contributed by atoms with Crippen LogP contribution in [0.3, 0.4) is 0 Å². The fourth-order valence-corrected chi connectivity index (χ4v) is 8.92. The van der Waals surface area contributed by atoms with Crippen molar-refractivity contribution in [1.82, 2.24) is 4.90 Å². The number of amides is 1. The number of aryl methyl sites for hydroxylation is 2. The fraction of sp³-hybridized carbons (Fsp3) is 0.513. The van der Waals surface area contributed by atoms with E-state index in [0.717, 1.165) is 63.0 Å². The van der Waals surface area contributed by atoms with E-state index in [-0.39, 0.29) is 17.9 Å². The lowest BCUT2D eigenvalue weighted by molar-refractivity contribution is 0.0123. The lowest BCUT2D eigenvalue weighted by Gasteiger charge is -2.54. The topological polar surface area (TPSA) is 65.5 Å². The zero-order valence-electron chi connectivity index (χ0n) is 28.4. The van der Waals surface area contributed by atoms with Crippen LogP contribution in [-0.4, -0.2) is 81.7 Å². The molecule has 3 heterocycles. The van der Waals surface area contributed by atoms with Crippen molar-refractivity contribution in [2.75, 3.05) is 70.0 Å². The number of rotatable bonds is 8. The zero-order valence-corrected chi connectivity index (χ0v) is 28.4. The first-order chi connectivity index (χ1) is 22.1. The molecule has 0 saturated carbocycles. The molecule has 0 saturated heterocycles. The molecule has 0 radical (unpaired) electrons. The maximum atomic E-state index is 14.7. The number of anilines is 2. The molecule has 7 nitrogen and oxygen atoms in total. The van der Waals surface area contributed by atoms with E-state index in [1.54, 1.807) is 14.2 Å². The Balaban J connectivity index is 1.59. The van der Waals surface area contributed by atoms with Gasteiger partial charge < -0.3 is 29.3 Å². The van der Waals surface area contributed by atoms with E-state index in [9.17, 15) is 9.90 Å². The van der Waals surface area contributed by atoms with Crippen molar-refractivity contribution in [2.45, 2.75) is 69.9 Å².